The number of phenols is 1. The Morgan fingerprint density at radius 1 is 1.25 bits per heavy atom. The SMILES string of the molecule is Nc1nnc(C2(c3ccccc3O)CC2)o1. The van der Waals surface area contributed by atoms with Crippen LogP contribution in [0.3, 0.4) is 0 Å². The number of anilines is 1. The molecule has 2 aromatic rings. The summed E-state index contributed by atoms with van der Waals surface area (Å²) in [5, 5.41) is 17.4. The van der Waals surface area contributed by atoms with E-state index in [4.69, 9.17) is 10.2 Å². The van der Waals surface area contributed by atoms with Gasteiger partial charge < -0.3 is 15.3 Å². The van der Waals surface area contributed by atoms with Gasteiger partial charge in [-0.25, -0.2) is 0 Å². The number of nitrogens with two attached hydrogens (primary N) is 1. The van der Waals surface area contributed by atoms with Crippen molar-refractivity contribution in [1.29, 1.82) is 0 Å². The quantitative estimate of drug-likeness (QED) is 0.794. The van der Waals surface area contributed by atoms with Crippen LogP contribution < -0.4 is 5.73 Å². The van der Waals surface area contributed by atoms with E-state index >= 15 is 0 Å². The maximum Gasteiger partial charge on any atom is 0.312 e. The van der Waals surface area contributed by atoms with E-state index in [1.54, 1.807) is 12.1 Å². The normalized spacial score (nSPS) is 17.2. The first-order valence-electron chi connectivity index (χ1n) is 5.10. The number of hydrogen-bond donors (Lipinski definition) is 2. The molecule has 5 nitrogen and oxygen atoms in total. The molecule has 0 spiro atoms. The molecule has 1 fully saturated rings. The average Bonchev–Trinajstić information content (AvgIpc) is 2.96. The third kappa shape index (κ3) is 1.18. The van der Waals surface area contributed by atoms with Gasteiger partial charge in [0, 0.05) is 5.56 Å². The summed E-state index contributed by atoms with van der Waals surface area (Å²) in [4.78, 5) is 0. The summed E-state index contributed by atoms with van der Waals surface area (Å²) in [6.45, 7) is 0. The van der Waals surface area contributed by atoms with Crippen molar-refractivity contribution in [3.8, 4) is 5.75 Å². The predicted octanol–water partition coefficient (Wildman–Crippen LogP) is 1.44. The van der Waals surface area contributed by atoms with Crippen LogP contribution in [0.25, 0.3) is 0 Å². The number of aromatic nitrogens is 2. The van der Waals surface area contributed by atoms with Crippen LogP contribution in [0.4, 0.5) is 6.01 Å². The van der Waals surface area contributed by atoms with Gasteiger partial charge in [0.2, 0.25) is 5.89 Å². The van der Waals surface area contributed by atoms with Crippen molar-refractivity contribution in [3.05, 3.63) is 35.7 Å². The Morgan fingerprint density at radius 2 is 2.00 bits per heavy atom. The van der Waals surface area contributed by atoms with Crippen molar-refractivity contribution in [3.63, 3.8) is 0 Å². The molecule has 5 heteroatoms. The van der Waals surface area contributed by atoms with Crippen LogP contribution in [0, 0.1) is 0 Å². The highest BCUT2D eigenvalue weighted by Crippen LogP contribution is 2.55. The number of rotatable bonds is 2. The third-order valence-corrected chi connectivity index (χ3v) is 3.02. The van der Waals surface area contributed by atoms with E-state index in [1.807, 2.05) is 12.1 Å². The number of para-hydroxylation sites is 1. The number of nitrogen functional groups attached to an aromatic ring is 1. The Balaban J connectivity index is 2.10. The molecular weight excluding hydrogens is 206 g/mol. The highest BCUT2D eigenvalue weighted by Gasteiger charge is 2.52. The molecule has 0 unspecified atom stereocenters. The maximum absolute atomic E-state index is 9.83. The van der Waals surface area contributed by atoms with Gasteiger partial charge in [0.25, 0.3) is 0 Å². The van der Waals surface area contributed by atoms with Gasteiger partial charge in [-0.05, 0) is 18.9 Å². The molecule has 0 saturated heterocycles. The Morgan fingerprint density at radius 3 is 2.56 bits per heavy atom. The monoisotopic (exact) mass is 217 g/mol. The molecule has 0 amide bonds. The fraction of sp³-hybridized carbons (Fsp3) is 0.273. The number of nitrogens with zero attached hydrogens (tertiary/aromatic N) is 2. The zero-order chi connectivity index (χ0) is 11.2. The maximum atomic E-state index is 9.83. The highest BCUT2D eigenvalue weighted by atomic mass is 16.4. The fourth-order valence-corrected chi connectivity index (χ4v) is 2.03. The van der Waals surface area contributed by atoms with Gasteiger partial charge in [0.15, 0.2) is 0 Å². The zero-order valence-electron chi connectivity index (χ0n) is 8.55. The fourth-order valence-electron chi connectivity index (χ4n) is 2.03. The van der Waals surface area contributed by atoms with Gasteiger partial charge >= 0.3 is 6.01 Å². The molecular formula is C11H11N3O2. The molecule has 16 heavy (non-hydrogen) atoms. The van der Waals surface area contributed by atoms with E-state index in [0.717, 1.165) is 18.4 Å². The molecule has 1 aromatic carbocycles. The van der Waals surface area contributed by atoms with Crippen LogP contribution in [-0.2, 0) is 5.41 Å². The van der Waals surface area contributed by atoms with E-state index in [1.165, 1.54) is 0 Å². The van der Waals surface area contributed by atoms with Crippen LogP contribution in [0.15, 0.2) is 28.7 Å². The number of aromatic hydroxyl groups is 1. The molecule has 3 rings (SSSR count). The lowest BCUT2D eigenvalue weighted by atomic mass is 9.95. The molecule has 1 saturated carbocycles. The van der Waals surface area contributed by atoms with Crippen LogP contribution >= 0.6 is 0 Å². The Hall–Kier alpha value is -2.04. The summed E-state index contributed by atoms with van der Waals surface area (Å²) >= 11 is 0. The molecule has 82 valence electrons. The first kappa shape index (κ1) is 9.21. The number of hydrogen-bond acceptors (Lipinski definition) is 5. The van der Waals surface area contributed by atoms with Crippen LogP contribution in [0.1, 0.15) is 24.3 Å². The lowest BCUT2D eigenvalue weighted by Crippen LogP contribution is -2.09. The predicted molar refractivity (Wildman–Crippen MR) is 56.8 cm³/mol. The minimum Gasteiger partial charge on any atom is -0.508 e. The standard InChI is InChI=1S/C11H11N3O2/c12-10-14-13-9(16-10)11(5-6-11)7-3-1-2-4-8(7)15/h1-4,15H,5-6H2,(H2,12,14). The third-order valence-electron chi connectivity index (χ3n) is 3.02. The molecule has 3 N–H and O–H groups in total. The summed E-state index contributed by atoms with van der Waals surface area (Å²) in [7, 11) is 0. The Labute approximate surface area is 91.9 Å². The van der Waals surface area contributed by atoms with Gasteiger partial charge in [0.1, 0.15) is 5.75 Å². The molecule has 1 aromatic heterocycles. The first-order chi connectivity index (χ1) is 7.72. The van der Waals surface area contributed by atoms with Gasteiger partial charge in [-0.15, -0.1) is 5.10 Å². The second-order valence-corrected chi connectivity index (χ2v) is 4.04. The molecule has 1 heterocycles. The minimum atomic E-state index is -0.323. The van der Waals surface area contributed by atoms with Crippen molar-refractivity contribution in [2.45, 2.75) is 18.3 Å². The molecule has 0 bridgehead atoms. The smallest absolute Gasteiger partial charge is 0.312 e. The van der Waals surface area contributed by atoms with Crippen LogP contribution in [0.5, 0.6) is 5.75 Å². The highest BCUT2D eigenvalue weighted by molar-refractivity contribution is 5.46. The lowest BCUT2D eigenvalue weighted by molar-refractivity contribution is 0.439. The van der Waals surface area contributed by atoms with Crippen LogP contribution in [0.2, 0.25) is 0 Å². The number of phenolic OH excluding ortho intramolecular Hbond substituents is 1. The molecule has 0 radical (unpaired) electrons. The topological polar surface area (TPSA) is 85.2 Å². The summed E-state index contributed by atoms with van der Waals surface area (Å²) in [6.07, 6.45) is 1.79. The van der Waals surface area contributed by atoms with Crippen molar-refractivity contribution < 1.29 is 9.52 Å². The average molecular weight is 217 g/mol. The second kappa shape index (κ2) is 2.98. The lowest BCUT2D eigenvalue weighted by Gasteiger charge is -2.12. The Kier molecular flexibility index (Phi) is 1.71. The van der Waals surface area contributed by atoms with Gasteiger partial charge in [-0.3, -0.25) is 0 Å². The Bertz CT molecular complexity index is 532. The first-order valence-corrected chi connectivity index (χ1v) is 5.10. The van der Waals surface area contributed by atoms with E-state index in [-0.39, 0.29) is 17.2 Å². The van der Waals surface area contributed by atoms with Gasteiger partial charge in [-0.2, -0.15) is 0 Å². The zero-order valence-corrected chi connectivity index (χ0v) is 8.55. The van der Waals surface area contributed by atoms with Crippen molar-refractivity contribution >= 4 is 6.01 Å². The summed E-state index contributed by atoms with van der Waals surface area (Å²) in [5.74, 6) is 0.753. The summed E-state index contributed by atoms with van der Waals surface area (Å²) < 4.78 is 5.26. The largest absolute Gasteiger partial charge is 0.508 e. The number of benzene rings is 1. The van der Waals surface area contributed by atoms with E-state index in [0.29, 0.717) is 5.89 Å². The van der Waals surface area contributed by atoms with Crippen molar-refractivity contribution in [1.82, 2.24) is 10.2 Å². The van der Waals surface area contributed by atoms with E-state index in [9.17, 15) is 5.11 Å². The molecule has 0 aliphatic heterocycles. The summed E-state index contributed by atoms with van der Waals surface area (Å²) in [5.41, 5.74) is 5.93. The van der Waals surface area contributed by atoms with E-state index < -0.39 is 0 Å². The minimum absolute atomic E-state index is 0.0664. The molecule has 1 aliphatic carbocycles. The van der Waals surface area contributed by atoms with Gasteiger partial charge in [-0.1, -0.05) is 23.3 Å². The van der Waals surface area contributed by atoms with Gasteiger partial charge in [0.05, 0.1) is 5.41 Å². The second-order valence-electron chi connectivity index (χ2n) is 4.04. The molecule has 0 atom stereocenters. The van der Waals surface area contributed by atoms with E-state index in [2.05, 4.69) is 10.2 Å². The van der Waals surface area contributed by atoms with Crippen molar-refractivity contribution in [2.75, 3.05) is 5.73 Å². The van der Waals surface area contributed by atoms with Crippen LogP contribution in [-0.4, -0.2) is 15.3 Å². The van der Waals surface area contributed by atoms with Crippen molar-refractivity contribution in [2.24, 2.45) is 0 Å². The summed E-state index contributed by atoms with van der Waals surface area (Å²) in [6, 6.07) is 7.28. The molecule has 1 aliphatic rings.